The number of oxazole rings is 1. The van der Waals surface area contributed by atoms with E-state index in [1.165, 1.54) is 0 Å². The second-order valence-corrected chi connectivity index (χ2v) is 4.26. The molecule has 3 aromatic rings. The lowest BCUT2D eigenvalue weighted by molar-refractivity contribution is 0.104. The summed E-state index contributed by atoms with van der Waals surface area (Å²) in [5.74, 6) is -0.0479. The lowest BCUT2D eigenvalue weighted by atomic mass is 10.0. The maximum Gasteiger partial charge on any atom is 0.266 e. The number of benzene rings is 2. The highest BCUT2D eigenvalue weighted by Gasteiger charge is 2.14. The van der Waals surface area contributed by atoms with Crippen LogP contribution in [0.2, 0.25) is 0 Å². The summed E-state index contributed by atoms with van der Waals surface area (Å²) in [4.78, 5) is 15.6. The molecular formula is C14H9NO2S. The molecular weight excluding hydrogens is 246 g/mol. The first kappa shape index (κ1) is 10.9. The molecule has 0 aliphatic carbocycles. The van der Waals surface area contributed by atoms with Crippen LogP contribution in [0.25, 0.3) is 11.1 Å². The molecule has 0 bridgehead atoms. The fourth-order valence-corrected chi connectivity index (χ4v) is 2.10. The van der Waals surface area contributed by atoms with Crippen LogP contribution in [0, 0.1) is 4.84 Å². The summed E-state index contributed by atoms with van der Waals surface area (Å²) in [6.07, 6.45) is 0. The summed E-state index contributed by atoms with van der Waals surface area (Å²) in [7, 11) is 0. The molecule has 0 atom stereocenters. The van der Waals surface area contributed by atoms with Gasteiger partial charge in [-0.25, -0.2) is 0 Å². The van der Waals surface area contributed by atoms with E-state index < -0.39 is 0 Å². The number of rotatable bonds is 2. The molecule has 1 aromatic heterocycles. The molecule has 0 aliphatic rings. The molecule has 88 valence electrons. The van der Waals surface area contributed by atoms with Gasteiger partial charge in [-0.1, -0.05) is 36.4 Å². The van der Waals surface area contributed by atoms with Gasteiger partial charge in [-0.3, -0.25) is 4.79 Å². The molecule has 0 unspecified atom stereocenters. The van der Waals surface area contributed by atoms with Crippen LogP contribution in [0.1, 0.15) is 15.9 Å². The van der Waals surface area contributed by atoms with Gasteiger partial charge in [0.15, 0.2) is 11.4 Å². The smallest absolute Gasteiger partial charge is 0.266 e. The van der Waals surface area contributed by atoms with Crippen molar-refractivity contribution < 1.29 is 9.21 Å². The minimum absolute atomic E-state index is 0.0479. The highest BCUT2D eigenvalue weighted by atomic mass is 32.1. The predicted octanol–water partition coefficient (Wildman–Crippen LogP) is 3.72. The van der Waals surface area contributed by atoms with E-state index in [1.807, 2.05) is 18.2 Å². The summed E-state index contributed by atoms with van der Waals surface area (Å²) in [6, 6.07) is 14.5. The van der Waals surface area contributed by atoms with Crippen molar-refractivity contribution in [3.63, 3.8) is 0 Å². The third kappa shape index (κ3) is 1.76. The van der Waals surface area contributed by atoms with E-state index in [2.05, 4.69) is 4.98 Å². The Bertz CT molecular complexity index is 771. The van der Waals surface area contributed by atoms with E-state index in [0.29, 0.717) is 22.2 Å². The first-order valence-electron chi connectivity index (χ1n) is 5.47. The lowest BCUT2D eigenvalue weighted by Gasteiger charge is -2.01. The van der Waals surface area contributed by atoms with Crippen molar-refractivity contribution in [2.45, 2.75) is 0 Å². The van der Waals surface area contributed by atoms with E-state index in [9.17, 15) is 4.79 Å². The third-order valence-corrected chi connectivity index (χ3v) is 2.92. The minimum atomic E-state index is -0.0479. The monoisotopic (exact) mass is 255 g/mol. The van der Waals surface area contributed by atoms with Gasteiger partial charge in [0, 0.05) is 11.1 Å². The Morgan fingerprint density at radius 3 is 2.61 bits per heavy atom. The van der Waals surface area contributed by atoms with Gasteiger partial charge in [-0.05, 0) is 24.4 Å². The van der Waals surface area contributed by atoms with Gasteiger partial charge in [-0.15, -0.1) is 0 Å². The van der Waals surface area contributed by atoms with E-state index in [0.717, 1.165) is 0 Å². The molecule has 3 rings (SSSR count). The third-order valence-electron chi connectivity index (χ3n) is 2.74. The Hall–Kier alpha value is -2.20. The number of nitrogens with one attached hydrogen (secondary N) is 1. The molecule has 0 fully saturated rings. The van der Waals surface area contributed by atoms with Crippen molar-refractivity contribution >= 4 is 29.1 Å². The molecule has 1 heterocycles. The van der Waals surface area contributed by atoms with Gasteiger partial charge in [0.25, 0.3) is 4.84 Å². The summed E-state index contributed by atoms with van der Waals surface area (Å²) in [5.41, 5.74) is 2.46. The number of carbonyl (C=O) groups is 1. The largest absolute Gasteiger partial charge is 0.429 e. The van der Waals surface area contributed by atoms with Crippen LogP contribution in [0.4, 0.5) is 0 Å². The zero-order chi connectivity index (χ0) is 12.5. The fraction of sp³-hybridized carbons (Fsp3) is 0. The van der Waals surface area contributed by atoms with Gasteiger partial charge in [0.2, 0.25) is 0 Å². The number of carbonyl (C=O) groups excluding carboxylic acids is 1. The molecule has 0 radical (unpaired) electrons. The molecule has 0 spiro atoms. The van der Waals surface area contributed by atoms with Crippen LogP contribution in [-0.2, 0) is 0 Å². The van der Waals surface area contributed by atoms with Crippen molar-refractivity contribution in [1.29, 1.82) is 0 Å². The molecule has 18 heavy (non-hydrogen) atoms. The number of ketones is 1. The molecule has 0 aliphatic heterocycles. The van der Waals surface area contributed by atoms with Crippen molar-refractivity contribution in [2.24, 2.45) is 0 Å². The minimum Gasteiger partial charge on any atom is -0.429 e. The molecule has 0 amide bonds. The van der Waals surface area contributed by atoms with Gasteiger partial charge in [-0.2, -0.15) is 0 Å². The van der Waals surface area contributed by atoms with Crippen molar-refractivity contribution in [3.8, 4) is 0 Å². The number of aromatic amines is 1. The van der Waals surface area contributed by atoms with Gasteiger partial charge in [0.05, 0.1) is 5.52 Å². The van der Waals surface area contributed by atoms with E-state index in [1.54, 1.807) is 30.3 Å². The normalized spacial score (nSPS) is 10.7. The van der Waals surface area contributed by atoms with E-state index >= 15 is 0 Å². The van der Waals surface area contributed by atoms with Crippen LogP contribution in [-0.4, -0.2) is 10.8 Å². The average Bonchev–Trinajstić information content (AvgIpc) is 2.79. The Morgan fingerprint density at radius 1 is 1.06 bits per heavy atom. The van der Waals surface area contributed by atoms with Gasteiger partial charge < -0.3 is 9.40 Å². The Kier molecular flexibility index (Phi) is 2.57. The number of para-hydroxylation sites is 1. The number of hydrogen-bond acceptors (Lipinski definition) is 3. The van der Waals surface area contributed by atoms with Crippen molar-refractivity contribution in [1.82, 2.24) is 4.98 Å². The molecule has 0 saturated carbocycles. The standard InChI is InChI=1S/C14H9NO2S/c16-13(9-5-2-1-3-6-9)10-7-4-8-11-12(10)15-14(18)17-11/h1-8H,(H,15,18). The summed E-state index contributed by atoms with van der Waals surface area (Å²) in [5, 5.41) is 0. The van der Waals surface area contributed by atoms with Crippen LogP contribution >= 0.6 is 12.2 Å². The van der Waals surface area contributed by atoms with Crippen LogP contribution in [0.15, 0.2) is 52.9 Å². The Balaban J connectivity index is 2.21. The zero-order valence-corrected chi connectivity index (χ0v) is 10.2. The number of hydrogen-bond donors (Lipinski definition) is 1. The van der Waals surface area contributed by atoms with Gasteiger partial charge in [0.1, 0.15) is 0 Å². The Morgan fingerprint density at radius 2 is 1.83 bits per heavy atom. The van der Waals surface area contributed by atoms with E-state index in [4.69, 9.17) is 16.6 Å². The van der Waals surface area contributed by atoms with Crippen LogP contribution < -0.4 is 0 Å². The summed E-state index contributed by atoms with van der Waals surface area (Å²) >= 11 is 4.94. The molecule has 4 heteroatoms. The SMILES string of the molecule is O=C(c1ccccc1)c1cccc2oc(=S)[nH]c12. The van der Waals surface area contributed by atoms with E-state index in [-0.39, 0.29) is 10.6 Å². The first-order chi connectivity index (χ1) is 8.75. The second kappa shape index (κ2) is 4.23. The van der Waals surface area contributed by atoms with Crippen LogP contribution in [0.5, 0.6) is 0 Å². The summed E-state index contributed by atoms with van der Waals surface area (Å²) < 4.78 is 5.30. The van der Waals surface area contributed by atoms with Crippen LogP contribution in [0.3, 0.4) is 0 Å². The highest BCUT2D eigenvalue weighted by molar-refractivity contribution is 7.71. The highest BCUT2D eigenvalue weighted by Crippen LogP contribution is 2.20. The number of aromatic nitrogens is 1. The molecule has 0 saturated heterocycles. The molecule has 3 nitrogen and oxygen atoms in total. The Labute approximate surface area is 108 Å². The molecule has 1 N–H and O–H groups in total. The number of fused-ring (bicyclic) bond motifs is 1. The fourth-order valence-electron chi connectivity index (χ4n) is 1.91. The number of H-pyrrole nitrogens is 1. The van der Waals surface area contributed by atoms with Crippen molar-refractivity contribution in [2.75, 3.05) is 0 Å². The second-order valence-electron chi connectivity index (χ2n) is 3.89. The summed E-state index contributed by atoms with van der Waals surface area (Å²) in [6.45, 7) is 0. The predicted molar refractivity (Wildman–Crippen MR) is 71.3 cm³/mol. The quantitative estimate of drug-likeness (QED) is 0.560. The molecule has 2 aromatic carbocycles. The topological polar surface area (TPSA) is 46.0 Å². The average molecular weight is 255 g/mol. The lowest BCUT2D eigenvalue weighted by Crippen LogP contribution is -2.01. The first-order valence-corrected chi connectivity index (χ1v) is 5.88. The maximum absolute atomic E-state index is 12.4. The van der Waals surface area contributed by atoms with Gasteiger partial charge >= 0.3 is 0 Å². The van der Waals surface area contributed by atoms with Crippen molar-refractivity contribution in [3.05, 3.63) is 64.5 Å². The zero-order valence-electron chi connectivity index (χ0n) is 9.34. The maximum atomic E-state index is 12.4.